The van der Waals surface area contributed by atoms with Crippen LogP contribution < -0.4 is 11.1 Å². The van der Waals surface area contributed by atoms with Gasteiger partial charge in [0.1, 0.15) is 0 Å². The molecule has 1 saturated carbocycles. The van der Waals surface area contributed by atoms with Gasteiger partial charge in [0.15, 0.2) is 5.96 Å². The topological polar surface area (TPSA) is 70.6 Å². The highest BCUT2D eigenvalue weighted by Gasteiger charge is 2.26. The lowest BCUT2D eigenvalue weighted by atomic mass is 9.90. The maximum absolute atomic E-state index is 9.16. The van der Waals surface area contributed by atoms with Gasteiger partial charge in [0.2, 0.25) is 0 Å². The lowest BCUT2D eigenvalue weighted by molar-refractivity contribution is 0.0778. The summed E-state index contributed by atoms with van der Waals surface area (Å²) in [6.07, 6.45) is 1.24. The zero-order chi connectivity index (χ0) is 12.4. The van der Waals surface area contributed by atoms with Crippen LogP contribution in [0.1, 0.15) is 24.0 Å². The van der Waals surface area contributed by atoms with Gasteiger partial charge in [0, 0.05) is 5.69 Å². The number of aryl methyl sites for hydroxylation is 2. The number of aliphatic hydroxyl groups is 1. The normalized spacial score (nSPS) is 24.3. The number of aliphatic hydroxyl groups excluding tert-OH is 1. The van der Waals surface area contributed by atoms with Crippen LogP contribution in [0.25, 0.3) is 0 Å². The third-order valence-electron chi connectivity index (χ3n) is 3.19. The van der Waals surface area contributed by atoms with E-state index in [0.717, 1.165) is 18.5 Å². The summed E-state index contributed by atoms with van der Waals surface area (Å²) in [5.41, 5.74) is 9.24. The Morgan fingerprint density at radius 2 is 2.06 bits per heavy atom. The van der Waals surface area contributed by atoms with Crippen molar-refractivity contribution in [3.05, 3.63) is 29.3 Å². The first-order chi connectivity index (χ1) is 8.04. The summed E-state index contributed by atoms with van der Waals surface area (Å²) in [6, 6.07) is 6.26. The Kier molecular flexibility index (Phi) is 3.33. The Morgan fingerprint density at radius 3 is 2.65 bits per heavy atom. The lowest BCUT2D eigenvalue weighted by Crippen LogP contribution is -2.35. The fourth-order valence-electron chi connectivity index (χ4n) is 1.86. The number of anilines is 1. The summed E-state index contributed by atoms with van der Waals surface area (Å²) in [5, 5.41) is 12.2. The van der Waals surface area contributed by atoms with Gasteiger partial charge in [-0.15, -0.1) is 0 Å². The van der Waals surface area contributed by atoms with E-state index in [1.54, 1.807) is 0 Å². The Balaban J connectivity index is 1.97. The van der Waals surface area contributed by atoms with Gasteiger partial charge in [-0.2, -0.15) is 0 Å². The molecule has 0 spiro atoms. The maximum atomic E-state index is 9.16. The Hall–Kier alpha value is -1.55. The first-order valence-corrected chi connectivity index (χ1v) is 5.90. The fourth-order valence-corrected chi connectivity index (χ4v) is 1.86. The SMILES string of the molecule is Cc1ccc(NC(N)=NC2CC(O)C2)cc1C. The molecule has 1 aromatic carbocycles. The largest absolute Gasteiger partial charge is 0.393 e. The molecular weight excluding hydrogens is 214 g/mol. The number of hydrogen-bond acceptors (Lipinski definition) is 2. The van der Waals surface area contributed by atoms with Crippen molar-refractivity contribution >= 4 is 11.6 Å². The van der Waals surface area contributed by atoms with Crippen LogP contribution in [0.2, 0.25) is 0 Å². The van der Waals surface area contributed by atoms with E-state index in [-0.39, 0.29) is 12.1 Å². The van der Waals surface area contributed by atoms with E-state index in [9.17, 15) is 0 Å². The standard InChI is InChI=1S/C13H19N3O/c1-8-3-4-10(5-9(8)2)15-13(14)16-11-6-12(17)7-11/h3-5,11-12,17H,6-7H2,1-2H3,(H3,14,15,16). The highest BCUT2D eigenvalue weighted by atomic mass is 16.3. The minimum absolute atomic E-state index is 0.170. The number of nitrogens with two attached hydrogens (primary N) is 1. The zero-order valence-electron chi connectivity index (χ0n) is 10.3. The highest BCUT2D eigenvalue weighted by Crippen LogP contribution is 2.23. The Morgan fingerprint density at radius 1 is 1.35 bits per heavy atom. The van der Waals surface area contributed by atoms with E-state index in [1.807, 2.05) is 12.1 Å². The quantitative estimate of drug-likeness (QED) is 0.536. The van der Waals surface area contributed by atoms with Crippen LogP contribution >= 0.6 is 0 Å². The molecule has 0 saturated heterocycles. The number of benzene rings is 1. The molecule has 0 bridgehead atoms. The monoisotopic (exact) mass is 233 g/mol. The second kappa shape index (κ2) is 4.75. The fraction of sp³-hybridized carbons (Fsp3) is 0.462. The minimum atomic E-state index is -0.196. The van der Waals surface area contributed by atoms with Crippen LogP contribution in [0, 0.1) is 13.8 Å². The number of nitrogens with one attached hydrogen (secondary N) is 1. The van der Waals surface area contributed by atoms with Gasteiger partial charge < -0.3 is 16.2 Å². The van der Waals surface area contributed by atoms with Gasteiger partial charge in [0.05, 0.1) is 12.1 Å². The molecule has 1 aliphatic carbocycles. The Bertz CT molecular complexity index is 436. The van der Waals surface area contributed by atoms with E-state index in [0.29, 0.717) is 5.96 Å². The second-order valence-corrected chi connectivity index (χ2v) is 4.72. The van der Waals surface area contributed by atoms with Gasteiger partial charge >= 0.3 is 0 Å². The molecule has 4 nitrogen and oxygen atoms in total. The summed E-state index contributed by atoms with van der Waals surface area (Å²) < 4.78 is 0. The van der Waals surface area contributed by atoms with Crippen molar-refractivity contribution in [1.29, 1.82) is 0 Å². The third kappa shape index (κ3) is 2.97. The molecule has 92 valence electrons. The molecule has 2 rings (SSSR count). The molecule has 0 aromatic heterocycles. The van der Waals surface area contributed by atoms with E-state index < -0.39 is 0 Å². The van der Waals surface area contributed by atoms with E-state index >= 15 is 0 Å². The highest BCUT2D eigenvalue weighted by molar-refractivity contribution is 5.92. The average molecular weight is 233 g/mol. The van der Waals surface area contributed by atoms with E-state index in [2.05, 4.69) is 30.2 Å². The number of guanidine groups is 1. The van der Waals surface area contributed by atoms with Crippen LogP contribution in [-0.4, -0.2) is 23.2 Å². The summed E-state index contributed by atoms with van der Waals surface area (Å²) >= 11 is 0. The van der Waals surface area contributed by atoms with Crippen molar-refractivity contribution < 1.29 is 5.11 Å². The lowest BCUT2D eigenvalue weighted by Gasteiger charge is -2.28. The van der Waals surface area contributed by atoms with Crippen LogP contribution in [0.3, 0.4) is 0 Å². The number of rotatable bonds is 2. The number of hydrogen-bond donors (Lipinski definition) is 3. The maximum Gasteiger partial charge on any atom is 0.193 e. The summed E-state index contributed by atoms with van der Waals surface area (Å²) in [7, 11) is 0. The summed E-state index contributed by atoms with van der Waals surface area (Å²) in [6.45, 7) is 4.14. The van der Waals surface area contributed by atoms with Crippen molar-refractivity contribution in [1.82, 2.24) is 0 Å². The van der Waals surface area contributed by atoms with Gasteiger partial charge in [-0.3, -0.25) is 0 Å². The van der Waals surface area contributed by atoms with Crippen molar-refractivity contribution in [3.8, 4) is 0 Å². The van der Waals surface area contributed by atoms with E-state index in [4.69, 9.17) is 10.8 Å². The predicted molar refractivity (Wildman–Crippen MR) is 70.2 cm³/mol. The predicted octanol–water partition coefficient (Wildman–Crippen LogP) is 1.55. The molecule has 0 aliphatic heterocycles. The number of aliphatic imine (C=N–C) groups is 1. The molecule has 0 radical (unpaired) electrons. The van der Waals surface area contributed by atoms with Gasteiger partial charge in [-0.05, 0) is 49.9 Å². The molecule has 1 aliphatic rings. The van der Waals surface area contributed by atoms with Crippen molar-refractivity contribution in [2.45, 2.75) is 38.8 Å². The molecular formula is C13H19N3O. The first kappa shape index (κ1) is 11.9. The molecule has 17 heavy (non-hydrogen) atoms. The smallest absolute Gasteiger partial charge is 0.193 e. The average Bonchev–Trinajstić information content (AvgIpc) is 2.21. The molecule has 4 N–H and O–H groups in total. The molecule has 1 fully saturated rings. The molecule has 0 unspecified atom stereocenters. The summed E-state index contributed by atoms with van der Waals surface area (Å²) in [5.74, 6) is 0.421. The van der Waals surface area contributed by atoms with E-state index in [1.165, 1.54) is 11.1 Å². The molecule has 0 atom stereocenters. The first-order valence-electron chi connectivity index (χ1n) is 5.90. The van der Waals surface area contributed by atoms with Gasteiger partial charge in [-0.25, -0.2) is 4.99 Å². The second-order valence-electron chi connectivity index (χ2n) is 4.72. The van der Waals surface area contributed by atoms with Crippen LogP contribution in [0.5, 0.6) is 0 Å². The molecule has 0 heterocycles. The van der Waals surface area contributed by atoms with Crippen LogP contribution in [0.4, 0.5) is 5.69 Å². The number of nitrogens with zero attached hydrogens (tertiary/aromatic N) is 1. The zero-order valence-corrected chi connectivity index (χ0v) is 10.3. The molecule has 4 heteroatoms. The summed E-state index contributed by atoms with van der Waals surface area (Å²) in [4.78, 5) is 4.30. The van der Waals surface area contributed by atoms with Gasteiger partial charge in [0.25, 0.3) is 0 Å². The van der Waals surface area contributed by atoms with Crippen molar-refractivity contribution in [2.75, 3.05) is 5.32 Å². The van der Waals surface area contributed by atoms with Crippen molar-refractivity contribution in [3.63, 3.8) is 0 Å². The minimum Gasteiger partial charge on any atom is -0.393 e. The van der Waals surface area contributed by atoms with Crippen molar-refractivity contribution in [2.24, 2.45) is 10.7 Å². The van der Waals surface area contributed by atoms with Crippen LogP contribution in [-0.2, 0) is 0 Å². The van der Waals surface area contributed by atoms with Crippen LogP contribution in [0.15, 0.2) is 23.2 Å². The molecule has 1 aromatic rings. The van der Waals surface area contributed by atoms with Gasteiger partial charge in [-0.1, -0.05) is 6.07 Å². The Labute approximate surface area is 102 Å². The molecule has 0 amide bonds. The third-order valence-corrected chi connectivity index (χ3v) is 3.19.